The van der Waals surface area contributed by atoms with E-state index in [0.717, 1.165) is 22.0 Å². The zero-order valence-corrected chi connectivity index (χ0v) is 14.6. The third-order valence-electron chi connectivity index (χ3n) is 3.48. The number of amides is 1. The summed E-state index contributed by atoms with van der Waals surface area (Å²) >= 11 is 0. The summed E-state index contributed by atoms with van der Waals surface area (Å²) in [6, 6.07) is 8.89. The predicted octanol–water partition coefficient (Wildman–Crippen LogP) is 2.57. The lowest BCUT2D eigenvalue weighted by atomic mass is 10.1. The first-order chi connectivity index (χ1) is 12.4. The molecule has 0 saturated carbocycles. The largest absolute Gasteiger partial charge is 0.475 e. The van der Waals surface area contributed by atoms with Gasteiger partial charge in [-0.1, -0.05) is 36.4 Å². The summed E-state index contributed by atoms with van der Waals surface area (Å²) in [6.07, 6.45) is 4.58. The molecule has 0 fully saturated rings. The average Bonchev–Trinajstić information content (AvgIpc) is 3.06. The zero-order valence-electron chi connectivity index (χ0n) is 14.6. The lowest BCUT2D eigenvalue weighted by Gasteiger charge is -2.09. The molecule has 0 spiro atoms. The molecule has 26 heavy (non-hydrogen) atoms. The van der Waals surface area contributed by atoms with Gasteiger partial charge in [-0.05, 0) is 25.0 Å². The first kappa shape index (κ1) is 18.8. The van der Waals surface area contributed by atoms with E-state index < -0.39 is 16.9 Å². The number of hydrogen-bond donors (Lipinski definition) is 1. The number of hydrazone groups is 1. The van der Waals surface area contributed by atoms with Crippen molar-refractivity contribution < 1.29 is 14.5 Å². The van der Waals surface area contributed by atoms with E-state index in [0.29, 0.717) is 0 Å². The Bertz CT molecular complexity index is 842. The van der Waals surface area contributed by atoms with Crippen LogP contribution in [0.3, 0.4) is 0 Å². The molecule has 1 N–H and O–H groups in total. The highest BCUT2D eigenvalue weighted by Gasteiger charge is 2.25. The van der Waals surface area contributed by atoms with E-state index >= 15 is 0 Å². The summed E-state index contributed by atoms with van der Waals surface area (Å²) in [7, 11) is 1.27. The Hall–Kier alpha value is -3.49. The molecule has 136 valence electrons. The maximum absolute atomic E-state index is 12.1. The molecule has 0 bridgehead atoms. The van der Waals surface area contributed by atoms with Gasteiger partial charge in [-0.2, -0.15) is 5.10 Å². The van der Waals surface area contributed by atoms with Crippen molar-refractivity contribution in [1.29, 1.82) is 0 Å². The van der Waals surface area contributed by atoms with Crippen LogP contribution in [0.2, 0.25) is 0 Å². The fourth-order valence-electron chi connectivity index (χ4n) is 2.10. The van der Waals surface area contributed by atoms with Gasteiger partial charge in [0.1, 0.15) is 12.2 Å². The molecule has 9 nitrogen and oxygen atoms in total. The van der Waals surface area contributed by atoms with Gasteiger partial charge in [0.15, 0.2) is 0 Å². The van der Waals surface area contributed by atoms with Crippen molar-refractivity contribution >= 4 is 23.9 Å². The standard InChI is InChI=1S/C17H19N5O4/c1-12(9-14-7-5-4-6-8-14)10-18-19-16(23)13(2)21-11-15(22(24)25)17(20-21)26-3/h4-11,13H,1-3H3,(H,19,23)/b12-9+,18-10-/t13-/m1/s1. The number of allylic oxidation sites excluding steroid dienone is 1. The molecule has 0 aliphatic carbocycles. The Kier molecular flexibility index (Phi) is 6.20. The number of nitrogens with one attached hydrogen (secondary N) is 1. The maximum Gasteiger partial charge on any atom is 0.350 e. The van der Waals surface area contributed by atoms with Crippen molar-refractivity contribution in [1.82, 2.24) is 15.2 Å². The normalized spacial score (nSPS) is 12.8. The number of carbonyl (C=O) groups is 1. The van der Waals surface area contributed by atoms with Crippen LogP contribution >= 0.6 is 0 Å². The Morgan fingerprint density at radius 3 is 2.69 bits per heavy atom. The smallest absolute Gasteiger partial charge is 0.350 e. The molecule has 0 radical (unpaired) electrons. The summed E-state index contributed by atoms with van der Waals surface area (Å²) in [5.74, 6) is -0.617. The monoisotopic (exact) mass is 357 g/mol. The van der Waals surface area contributed by atoms with Crippen LogP contribution < -0.4 is 10.2 Å². The number of aromatic nitrogens is 2. The number of rotatable bonds is 7. The van der Waals surface area contributed by atoms with Gasteiger partial charge in [-0.3, -0.25) is 14.9 Å². The summed E-state index contributed by atoms with van der Waals surface area (Å²) < 4.78 is 6.01. The molecule has 9 heteroatoms. The number of benzene rings is 1. The Labute approximate surface area is 150 Å². The molecule has 1 atom stereocenters. The summed E-state index contributed by atoms with van der Waals surface area (Å²) in [5.41, 5.74) is 3.95. The minimum atomic E-state index is -0.798. The molecule has 1 heterocycles. The van der Waals surface area contributed by atoms with Crippen molar-refractivity contribution in [3.63, 3.8) is 0 Å². The van der Waals surface area contributed by atoms with Crippen LogP contribution in [0.15, 0.2) is 47.2 Å². The average molecular weight is 357 g/mol. The Morgan fingerprint density at radius 2 is 2.12 bits per heavy atom. The van der Waals surface area contributed by atoms with Gasteiger partial charge in [0.2, 0.25) is 0 Å². The number of carbonyl (C=O) groups excluding carboxylic acids is 1. The summed E-state index contributed by atoms with van der Waals surface area (Å²) in [4.78, 5) is 22.4. The number of nitrogens with zero attached hydrogens (tertiary/aromatic N) is 4. The SMILES string of the molecule is COc1nn([C@H](C)C(=O)N/N=C\C(C)=C\c2ccccc2)cc1[N+](=O)[O-]. The number of hydrogen-bond acceptors (Lipinski definition) is 6. The maximum atomic E-state index is 12.1. The van der Waals surface area contributed by atoms with Crippen LogP contribution in [0.4, 0.5) is 5.69 Å². The van der Waals surface area contributed by atoms with Gasteiger partial charge < -0.3 is 4.74 Å². The third-order valence-corrected chi connectivity index (χ3v) is 3.48. The molecule has 1 aromatic heterocycles. The van der Waals surface area contributed by atoms with Crippen molar-refractivity contribution in [3.05, 3.63) is 57.8 Å². The second-order valence-electron chi connectivity index (χ2n) is 5.47. The number of methoxy groups -OCH3 is 1. The van der Waals surface area contributed by atoms with Crippen LogP contribution in [0, 0.1) is 10.1 Å². The second kappa shape index (κ2) is 8.56. The highest BCUT2D eigenvalue weighted by molar-refractivity contribution is 5.86. The van der Waals surface area contributed by atoms with Gasteiger partial charge >= 0.3 is 11.6 Å². The zero-order chi connectivity index (χ0) is 19.1. The molecule has 0 saturated heterocycles. The fourth-order valence-corrected chi connectivity index (χ4v) is 2.10. The predicted molar refractivity (Wildman–Crippen MR) is 96.9 cm³/mol. The van der Waals surface area contributed by atoms with Gasteiger partial charge in [0.25, 0.3) is 5.91 Å². The number of ether oxygens (including phenoxy) is 1. The minimum absolute atomic E-state index is 0.153. The summed E-state index contributed by atoms with van der Waals surface area (Å²) in [5, 5.41) is 18.7. The van der Waals surface area contributed by atoms with E-state index in [9.17, 15) is 14.9 Å². The quantitative estimate of drug-likeness (QED) is 0.465. The summed E-state index contributed by atoms with van der Waals surface area (Å²) in [6.45, 7) is 3.40. The highest BCUT2D eigenvalue weighted by atomic mass is 16.6. The van der Waals surface area contributed by atoms with Crippen LogP contribution in [-0.2, 0) is 4.79 Å². The first-order valence-corrected chi connectivity index (χ1v) is 7.76. The minimum Gasteiger partial charge on any atom is -0.475 e. The van der Waals surface area contributed by atoms with Crippen LogP contribution in [0.5, 0.6) is 5.88 Å². The van der Waals surface area contributed by atoms with E-state index in [1.165, 1.54) is 13.3 Å². The molecule has 0 aliphatic heterocycles. The van der Waals surface area contributed by atoms with E-state index in [1.54, 1.807) is 6.92 Å². The Balaban J connectivity index is 2.01. The van der Waals surface area contributed by atoms with Crippen LogP contribution in [-0.4, -0.2) is 33.9 Å². The topological polar surface area (TPSA) is 112 Å². The van der Waals surface area contributed by atoms with Crippen molar-refractivity contribution in [2.24, 2.45) is 5.10 Å². The molecular weight excluding hydrogens is 338 g/mol. The second-order valence-corrected chi connectivity index (χ2v) is 5.47. The third kappa shape index (κ3) is 4.76. The lowest BCUT2D eigenvalue weighted by molar-refractivity contribution is -0.385. The molecular formula is C17H19N5O4. The van der Waals surface area contributed by atoms with Crippen molar-refractivity contribution in [2.75, 3.05) is 7.11 Å². The van der Waals surface area contributed by atoms with E-state index in [1.807, 2.05) is 43.3 Å². The van der Waals surface area contributed by atoms with Crippen LogP contribution in [0.1, 0.15) is 25.5 Å². The van der Waals surface area contributed by atoms with Crippen molar-refractivity contribution in [2.45, 2.75) is 19.9 Å². The van der Waals surface area contributed by atoms with Gasteiger partial charge in [-0.15, -0.1) is 5.10 Å². The van der Waals surface area contributed by atoms with E-state index in [2.05, 4.69) is 15.6 Å². The molecule has 2 aromatic rings. The van der Waals surface area contributed by atoms with Crippen LogP contribution in [0.25, 0.3) is 6.08 Å². The van der Waals surface area contributed by atoms with Gasteiger partial charge in [-0.25, -0.2) is 10.1 Å². The highest BCUT2D eigenvalue weighted by Crippen LogP contribution is 2.25. The van der Waals surface area contributed by atoms with Gasteiger partial charge in [0.05, 0.1) is 18.2 Å². The molecule has 1 aromatic carbocycles. The van der Waals surface area contributed by atoms with E-state index in [4.69, 9.17) is 4.74 Å². The van der Waals surface area contributed by atoms with Crippen molar-refractivity contribution in [3.8, 4) is 5.88 Å². The van der Waals surface area contributed by atoms with Gasteiger partial charge in [0, 0.05) is 0 Å². The first-order valence-electron chi connectivity index (χ1n) is 7.76. The lowest BCUT2D eigenvalue weighted by Crippen LogP contribution is -2.27. The molecule has 2 rings (SSSR count). The fraction of sp³-hybridized carbons (Fsp3) is 0.235. The molecule has 0 unspecified atom stereocenters. The molecule has 1 amide bonds. The molecule has 0 aliphatic rings. The Morgan fingerprint density at radius 1 is 1.42 bits per heavy atom. The van der Waals surface area contributed by atoms with E-state index in [-0.39, 0.29) is 11.6 Å². The number of nitro groups is 1.